The summed E-state index contributed by atoms with van der Waals surface area (Å²) in [5.41, 5.74) is 0. The minimum absolute atomic E-state index is 0.179. The lowest BCUT2D eigenvalue weighted by molar-refractivity contribution is -0.924. The summed E-state index contributed by atoms with van der Waals surface area (Å²) >= 11 is 0. The molecule has 1 N–H and O–H groups in total. The second-order valence-corrected chi connectivity index (χ2v) is 5.20. The zero-order valence-electron chi connectivity index (χ0n) is 13.4. The van der Waals surface area contributed by atoms with Crippen LogP contribution in [0.4, 0.5) is 0 Å². The molecule has 0 atom stereocenters. The summed E-state index contributed by atoms with van der Waals surface area (Å²) in [6.45, 7) is 12.8. The maximum atomic E-state index is 11.8. The Hall–Kier alpha value is -0.830. The molecule has 0 aliphatic heterocycles. The maximum Gasteiger partial charge on any atom is 0.224 e. The number of amides is 1. The van der Waals surface area contributed by atoms with Crippen LogP contribution in [0, 0.1) is 0 Å². The topological polar surface area (TPSA) is 29.1 Å². The highest BCUT2D eigenvalue weighted by Gasteiger charge is 2.20. The van der Waals surface area contributed by atoms with Crippen molar-refractivity contribution in [1.82, 2.24) is 5.32 Å². The Morgan fingerprint density at radius 2 is 1.58 bits per heavy atom. The minimum Gasteiger partial charge on any atom is -0.309 e. The molecule has 0 spiro atoms. The highest BCUT2D eigenvalue weighted by Crippen LogP contribution is 2.04. The number of hydrogen-bond acceptors (Lipinski definition) is 1. The highest BCUT2D eigenvalue weighted by atomic mass is 16.1. The molecule has 0 unspecified atom stereocenters. The lowest BCUT2D eigenvalue weighted by Gasteiger charge is -2.35. The molecule has 0 aliphatic rings. The van der Waals surface area contributed by atoms with Crippen molar-refractivity contribution < 1.29 is 9.28 Å². The fourth-order valence-electron chi connectivity index (χ4n) is 2.12. The van der Waals surface area contributed by atoms with E-state index in [0.717, 1.165) is 43.6 Å². The van der Waals surface area contributed by atoms with Crippen molar-refractivity contribution in [3.63, 3.8) is 0 Å². The maximum absolute atomic E-state index is 11.8. The second kappa shape index (κ2) is 11.0. The first-order chi connectivity index (χ1) is 9.14. The molecule has 0 bridgehead atoms. The average molecular weight is 269 g/mol. The number of unbranched alkanes of at least 4 members (excludes halogenated alkanes) is 2. The normalized spacial score (nSPS) is 12.0. The molecule has 0 aliphatic carbocycles. The van der Waals surface area contributed by atoms with Crippen molar-refractivity contribution in [1.29, 1.82) is 0 Å². The van der Waals surface area contributed by atoms with Crippen LogP contribution in [0.25, 0.3) is 0 Å². The third-order valence-electron chi connectivity index (χ3n) is 4.05. The van der Waals surface area contributed by atoms with E-state index in [2.05, 4.69) is 45.2 Å². The second-order valence-electron chi connectivity index (χ2n) is 5.20. The van der Waals surface area contributed by atoms with Crippen LogP contribution in [-0.4, -0.2) is 36.7 Å². The molecule has 0 aromatic rings. The summed E-state index contributed by atoms with van der Waals surface area (Å²) in [6, 6.07) is 0. The summed E-state index contributed by atoms with van der Waals surface area (Å²) in [6.07, 6.45) is 9.42. The van der Waals surface area contributed by atoms with Crippen molar-refractivity contribution in [2.24, 2.45) is 0 Å². The van der Waals surface area contributed by atoms with Crippen LogP contribution < -0.4 is 5.32 Å². The van der Waals surface area contributed by atoms with Gasteiger partial charge >= 0.3 is 0 Å². The summed E-state index contributed by atoms with van der Waals surface area (Å²) in [5, 5.41) is 3.08. The van der Waals surface area contributed by atoms with Gasteiger partial charge in [-0.05, 0) is 33.6 Å². The Morgan fingerprint density at radius 1 is 1.00 bits per heavy atom. The largest absolute Gasteiger partial charge is 0.309 e. The molecule has 0 saturated heterocycles. The molecule has 0 heterocycles. The zero-order valence-corrected chi connectivity index (χ0v) is 13.4. The van der Waals surface area contributed by atoms with Gasteiger partial charge in [0.1, 0.15) is 0 Å². The number of carbonyl (C=O) groups is 1. The van der Waals surface area contributed by atoms with E-state index in [9.17, 15) is 4.79 Å². The Bertz CT molecular complexity index is 249. The lowest BCUT2D eigenvalue weighted by atomic mass is 10.2. The van der Waals surface area contributed by atoms with E-state index in [1.807, 2.05) is 0 Å². The number of nitrogens with zero attached hydrogens (tertiary/aromatic N) is 1. The first kappa shape index (κ1) is 18.2. The molecule has 0 fully saturated rings. The van der Waals surface area contributed by atoms with Crippen molar-refractivity contribution >= 4 is 5.91 Å². The van der Waals surface area contributed by atoms with Gasteiger partial charge in [0.15, 0.2) is 6.67 Å². The van der Waals surface area contributed by atoms with Crippen LogP contribution in [-0.2, 0) is 4.79 Å². The standard InChI is InChI=1S/C16H32N2O/c1-5-9-10-11-12-13-14-16(19)17-15-18(6-2,7-3)8-4/h11-12H,5-10,13-15H2,1-4H3/p+1/b12-11+. The van der Waals surface area contributed by atoms with E-state index in [1.54, 1.807) is 0 Å². The van der Waals surface area contributed by atoms with Crippen molar-refractivity contribution in [2.45, 2.75) is 59.8 Å². The van der Waals surface area contributed by atoms with Crippen LogP contribution >= 0.6 is 0 Å². The molecular weight excluding hydrogens is 236 g/mol. The molecule has 19 heavy (non-hydrogen) atoms. The van der Waals surface area contributed by atoms with Gasteiger partial charge in [-0.2, -0.15) is 0 Å². The third-order valence-corrected chi connectivity index (χ3v) is 4.05. The highest BCUT2D eigenvalue weighted by molar-refractivity contribution is 5.75. The summed E-state index contributed by atoms with van der Waals surface area (Å²) in [5.74, 6) is 0.179. The molecule has 0 saturated carbocycles. The van der Waals surface area contributed by atoms with Crippen molar-refractivity contribution in [3.05, 3.63) is 12.2 Å². The van der Waals surface area contributed by atoms with Crippen LogP contribution in [0.2, 0.25) is 0 Å². The van der Waals surface area contributed by atoms with Gasteiger partial charge < -0.3 is 9.80 Å². The molecule has 0 rings (SSSR count). The van der Waals surface area contributed by atoms with Crippen LogP contribution in [0.1, 0.15) is 59.8 Å². The predicted octanol–water partition coefficient (Wildman–Crippen LogP) is 3.46. The molecular formula is C16H33N2O+. The Morgan fingerprint density at radius 3 is 2.11 bits per heavy atom. The number of carbonyl (C=O) groups excluding carboxylic acids is 1. The average Bonchev–Trinajstić information content (AvgIpc) is 2.45. The van der Waals surface area contributed by atoms with Crippen molar-refractivity contribution in [2.75, 3.05) is 26.3 Å². The van der Waals surface area contributed by atoms with Crippen molar-refractivity contribution in [3.8, 4) is 0 Å². The Balaban J connectivity index is 3.83. The summed E-state index contributed by atoms with van der Waals surface area (Å²) in [4.78, 5) is 11.8. The number of rotatable bonds is 11. The van der Waals surface area contributed by atoms with Gasteiger partial charge in [-0.25, -0.2) is 0 Å². The van der Waals surface area contributed by atoms with Crippen LogP contribution in [0.3, 0.4) is 0 Å². The van der Waals surface area contributed by atoms with Gasteiger partial charge in [0, 0.05) is 6.42 Å². The van der Waals surface area contributed by atoms with Gasteiger partial charge in [0.25, 0.3) is 0 Å². The van der Waals surface area contributed by atoms with E-state index in [1.165, 1.54) is 12.8 Å². The quantitative estimate of drug-likeness (QED) is 0.265. The molecule has 0 aromatic heterocycles. The van der Waals surface area contributed by atoms with Gasteiger partial charge in [0.05, 0.1) is 19.6 Å². The van der Waals surface area contributed by atoms with E-state index in [4.69, 9.17) is 0 Å². The van der Waals surface area contributed by atoms with Gasteiger partial charge in [0.2, 0.25) is 5.91 Å². The molecule has 3 heteroatoms. The van der Waals surface area contributed by atoms with Gasteiger partial charge in [-0.15, -0.1) is 0 Å². The zero-order chi connectivity index (χ0) is 14.6. The van der Waals surface area contributed by atoms with Gasteiger partial charge in [-0.1, -0.05) is 31.9 Å². The molecule has 3 nitrogen and oxygen atoms in total. The summed E-state index contributed by atoms with van der Waals surface area (Å²) < 4.78 is 0.970. The molecule has 112 valence electrons. The minimum atomic E-state index is 0.179. The SMILES string of the molecule is CCCC/C=C/CCC(=O)NC[N+](CC)(CC)CC. The number of hydrogen-bond donors (Lipinski definition) is 1. The van der Waals surface area contributed by atoms with Crippen LogP contribution in [0.15, 0.2) is 12.2 Å². The van der Waals surface area contributed by atoms with Gasteiger partial charge in [-0.3, -0.25) is 4.79 Å². The number of nitrogens with one attached hydrogen (secondary N) is 1. The first-order valence-electron chi connectivity index (χ1n) is 7.90. The third kappa shape index (κ3) is 8.04. The van der Waals surface area contributed by atoms with E-state index in [-0.39, 0.29) is 5.91 Å². The Labute approximate surface area is 119 Å². The molecule has 0 aromatic carbocycles. The van der Waals surface area contributed by atoms with E-state index in [0.29, 0.717) is 6.42 Å². The number of quaternary nitrogens is 1. The fraction of sp³-hybridized carbons (Fsp3) is 0.812. The van der Waals surface area contributed by atoms with E-state index >= 15 is 0 Å². The lowest BCUT2D eigenvalue weighted by Crippen LogP contribution is -2.54. The van der Waals surface area contributed by atoms with Crippen LogP contribution in [0.5, 0.6) is 0 Å². The Kier molecular flexibility index (Phi) is 10.6. The first-order valence-corrected chi connectivity index (χ1v) is 7.90. The molecule has 0 radical (unpaired) electrons. The predicted molar refractivity (Wildman–Crippen MR) is 82.8 cm³/mol. The summed E-state index contributed by atoms with van der Waals surface area (Å²) in [7, 11) is 0. The fourth-order valence-corrected chi connectivity index (χ4v) is 2.12. The number of allylic oxidation sites excluding steroid dienone is 2. The van der Waals surface area contributed by atoms with E-state index < -0.39 is 0 Å². The molecule has 1 amide bonds. The smallest absolute Gasteiger partial charge is 0.224 e. The monoisotopic (exact) mass is 269 g/mol.